The molecule has 3 rings (SSSR count). The summed E-state index contributed by atoms with van der Waals surface area (Å²) < 4.78 is 1.97. The Morgan fingerprint density at radius 3 is 2.75 bits per heavy atom. The molecule has 0 saturated carbocycles. The van der Waals surface area contributed by atoms with Crippen LogP contribution in [-0.2, 0) is 16.1 Å². The van der Waals surface area contributed by atoms with Gasteiger partial charge in [-0.1, -0.05) is 30.7 Å². The number of ketones is 1. The molecule has 1 amide bonds. The number of benzene rings is 1. The molecule has 0 bridgehead atoms. The van der Waals surface area contributed by atoms with E-state index in [1.165, 1.54) is 0 Å². The maximum Gasteiger partial charge on any atom is 0.290 e. The summed E-state index contributed by atoms with van der Waals surface area (Å²) in [5.41, 5.74) is 0.927. The molecule has 1 aliphatic rings. The number of Topliss-reactive ketones (excluding diaryl/α,β-unsaturated/α-hetero) is 1. The fourth-order valence-electron chi connectivity index (χ4n) is 3.38. The first-order valence-corrected chi connectivity index (χ1v) is 8.55. The smallest absolute Gasteiger partial charge is 0.290 e. The van der Waals surface area contributed by atoms with Crippen LogP contribution in [0.1, 0.15) is 31.4 Å². The van der Waals surface area contributed by atoms with E-state index >= 15 is 0 Å². The molecule has 0 radical (unpaired) electrons. The van der Waals surface area contributed by atoms with Gasteiger partial charge in [0.15, 0.2) is 0 Å². The van der Waals surface area contributed by atoms with Gasteiger partial charge in [-0.3, -0.25) is 9.59 Å². The third kappa shape index (κ3) is 3.22. The number of imidazole rings is 1. The minimum atomic E-state index is -0.377. The zero-order valence-electron chi connectivity index (χ0n) is 13.6. The van der Waals surface area contributed by atoms with Crippen LogP contribution in [-0.4, -0.2) is 32.7 Å². The van der Waals surface area contributed by atoms with Crippen LogP contribution >= 0.6 is 11.6 Å². The largest absolute Gasteiger partial charge is 0.337 e. The number of hydrogen-bond donors (Lipinski definition) is 0. The molecule has 6 heteroatoms. The first-order valence-electron chi connectivity index (χ1n) is 8.18. The topological polar surface area (TPSA) is 55.2 Å². The van der Waals surface area contributed by atoms with Crippen molar-refractivity contribution < 1.29 is 9.59 Å². The second-order valence-corrected chi connectivity index (χ2v) is 6.47. The van der Waals surface area contributed by atoms with E-state index in [4.69, 9.17) is 11.6 Å². The predicted octanol–water partition coefficient (Wildman–Crippen LogP) is 3.11. The summed E-state index contributed by atoms with van der Waals surface area (Å²) >= 11 is 6.11. The van der Waals surface area contributed by atoms with E-state index in [1.807, 2.05) is 35.9 Å². The highest BCUT2D eigenvalue weighted by atomic mass is 35.5. The van der Waals surface area contributed by atoms with Gasteiger partial charge in [-0.25, -0.2) is 4.98 Å². The molecule has 2 unspecified atom stereocenters. The molecule has 1 saturated heterocycles. The van der Waals surface area contributed by atoms with Crippen molar-refractivity contribution in [2.75, 3.05) is 6.54 Å². The third-order valence-corrected chi connectivity index (χ3v) is 4.76. The average molecular weight is 346 g/mol. The lowest BCUT2D eigenvalue weighted by molar-refractivity contribution is -0.141. The van der Waals surface area contributed by atoms with Gasteiger partial charge < -0.3 is 9.47 Å². The van der Waals surface area contributed by atoms with Crippen molar-refractivity contribution in [1.29, 1.82) is 0 Å². The Kier molecular flexibility index (Phi) is 5.00. The lowest BCUT2D eigenvalue weighted by atomic mass is 9.91. The van der Waals surface area contributed by atoms with E-state index in [-0.39, 0.29) is 23.7 Å². The molecule has 0 spiro atoms. The molecular formula is C18H20ClN3O2. The molecule has 2 heterocycles. The normalized spacial score (nSPS) is 20.8. The number of amides is 1. The first kappa shape index (κ1) is 16.7. The maximum atomic E-state index is 12.5. The average Bonchev–Trinajstić information content (AvgIpc) is 3.16. The summed E-state index contributed by atoms with van der Waals surface area (Å²) in [6, 6.07) is 7.23. The summed E-state index contributed by atoms with van der Waals surface area (Å²) in [7, 11) is 0. The van der Waals surface area contributed by atoms with Crippen LogP contribution in [0.3, 0.4) is 0 Å². The molecule has 1 aromatic heterocycles. The maximum absolute atomic E-state index is 12.5. The molecule has 0 N–H and O–H groups in total. The van der Waals surface area contributed by atoms with Crippen molar-refractivity contribution in [3.63, 3.8) is 0 Å². The van der Waals surface area contributed by atoms with Crippen LogP contribution in [0.5, 0.6) is 0 Å². The Labute approximate surface area is 146 Å². The highest BCUT2D eigenvalue weighted by Crippen LogP contribution is 2.38. The summed E-state index contributed by atoms with van der Waals surface area (Å²) in [4.78, 5) is 30.5. The summed E-state index contributed by atoms with van der Waals surface area (Å²) in [5, 5.41) is 0.618. The first-order chi connectivity index (χ1) is 11.6. The number of rotatable bonds is 6. The molecule has 1 aromatic carbocycles. The molecule has 2 aromatic rings. The van der Waals surface area contributed by atoms with Crippen LogP contribution in [0.2, 0.25) is 5.02 Å². The van der Waals surface area contributed by atoms with Gasteiger partial charge in [-0.2, -0.15) is 0 Å². The van der Waals surface area contributed by atoms with Crippen molar-refractivity contribution >= 4 is 23.3 Å². The Morgan fingerprint density at radius 2 is 2.08 bits per heavy atom. The van der Waals surface area contributed by atoms with Crippen LogP contribution in [0.15, 0.2) is 43.0 Å². The zero-order valence-corrected chi connectivity index (χ0v) is 14.3. The fraction of sp³-hybridized carbons (Fsp3) is 0.389. The minimum absolute atomic E-state index is 0.225. The van der Waals surface area contributed by atoms with E-state index < -0.39 is 0 Å². The molecule has 1 aliphatic heterocycles. The van der Waals surface area contributed by atoms with E-state index in [9.17, 15) is 9.59 Å². The monoisotopic (exact) mass is 345 g/mol. The fourth-order valence-corrected chi connectivity index (χ4v) is 3.58. The number of likely N-dealkylation sites (tertiary alicyclic amines) is 1. The van der Waals surface area contributed by atoms with Crippen LogP contribution in [0.25, 0.3) is 0 Å². The van der Waals surface area contributed by atoms with Gasteiger partial charge in [0.1, 0.15) is 0 Å². The van der Waals surface area contributed by atoms with E-state index in [2.05, 4.69) is 4.98 Å². The quantitative estimate of drug-likeness (QED) is 0.756. The highest BCUT2D eigenvalue weighted by Gasteiger charge is 2.46. The number of aryl methyl sites for hydroxylation is 1. The van der Waals surface area contributed by atoms with Crippen LogP contribution in [0.4, 0.5) is 0 Å². The number of halogens is 1. The molecule has 0 aliphatic carbocycles. The standard InChI is InChI=1S/C18H20ClN3O2/c1-2-15-16(13-5-3-6-14(19)11-13)22(18(24)17(15)23)9-4-8-21-10-7-20-12-21/h3,5-7,10-12,15-16H,2,4,8-9H2,1H3. The van der Waals surface area contributed by atoms with Crippen molar-refractivity contribution in [3.05, 3.63) is 53.6 Å². The molecule has 5 nitrogen and oxygen atoms in total. The Hall–Kier alpha value is -2.14. The summed E-state index contributed by atoms with van der Waals surface area (Å²) in [5.74, 6) is -0.966. The van der Waals surface area contributed by atoms with Crippen molar-refractivity contribution in [2.45, 2.75) is 32.4 Å². The van der Waals surface area contributed by atoms with Gasteiger partial charge in [0.25, 0.3) is 5.91 Å². The van der Waals surface area contributed by atoms with Gasteiger partial charge in [-0.15, -0.1) is 0 Å². The number of nitrogens with zero attached hydrogens (tertiary/aromatic N) is 3. The van der Waals surface area contributed by atoms with Gasteiger partial charge in [0.05, 0.1) is 18.3 Å². The molecular weight excluding hydrogens is 326 g/mol. The van der Waals surface area contributed by atoms with E-state index in [0.717, 1.165) is 18.5 Å². The number of carbonyl (C=O) groups excluding carboxylic acids is 2. The van der Waals surface area contributed by atoms with E-state index in [0.29, 0.717) is 18.0 Å². The minimum Gasteiger partial charge on any atom is -0.337 e. The van der Waals surface area contributed by atoms with Crippen LogP contribution in [0, 0.1) is 5.92 Å². The number of hydrogen-bond acceptors (Lipinski definition) is 3. The van der Waals surface area contributed by atoms with Crippen LogP contribution < -0.4 is 0 Å². The Bertz CT molecular complexity index is 730. The molecule has 126 valence electrons. The van der Waals surface area contributed by atoms with Gasteiger partial charge in [-0.05, 0) is 30.5 Å². The highest BCUT2D eigenvalue weighted by molar-refractivity contribution is 6.39. The van der Waals surface area contributed by atoms with Gasteiger partial charge >= 0.3 is 0 Å². The number of aromatic nitrogens is 2. The molecule has 24 heavy (non-hydrogen) atoms. The lowest BCUT2D eigenvalue weighted by Gasteiger charge is -2.27. The van der Waals surface area contributed by atoms with Crippen molar-refractivity contribution in [3.8, 4) is 0 Å². The molecule has 1 fully saturated rings. The van der Waals surface area contributed by atoms with Crippen molar-refractivity contribution in [2.24, 2.45) is 5.92 Å². The second-order valence-electron chi connectivity index (χ2n) is 6.03. The van der Waals surface area contributed by atoms with Gasteiger partial charge in [0, 0.05) is 30.5 Å². The van der Waals surface area contributed by atoms with Crippen molar-refractivity contribution in [1.82, 2.24) is 14.5 Å². The summed E-state index contributed by atoms with van der Waals surface area (Å²) in [6.07, 6.45) is 6.77. The third-order valence-electron chi connectivity index (χ3n) is 4.53. The lowest BCUT2D eigenvalue weighted by Crippen LogP contribution is -2.31. The Balaban J connectivity index is 1.80. The summed E-state index contributed by atoms with van der Waals surface area (Å²) in [6.45, 7) is 3.25. The SMILES string of the molecule is CCC1C(=O)C(=O)N(CCCn2ccnc2)C1c1cccc(Cl)c1. The second kappa shape index (κ2) is 7.18. The Morgan fingerprint density at radius 1 is 1.25 bits per heavy atom. The molecule has 2 atom stereocenters. The predicted molar refractivity (Wildman–Crippen MR) is 91.5 cm³/mol. The number of carbonyl (C=O) groups is 2. The van der Waals surface area contributed by atoms with E-state index in [1.54, 1.807) is 23.5 Å². The van der Waals surface area contributed by atoms with Gasteiger partial charge in [0.2, 0.25) is 5.78 Å². The zero-order chi connectivity index (χ0) is 17.1.